The van der Waals surface area contributed by atoms with E-state index in [4.69, 9.17) is 4.42 Å². The third-order valence-electron chi connectivity index (χ3n) is 2.21. The standard InChI is InChI=1S/C13H12BrNO2S/c14-11-5-1-2-6-12(11)15-13(16)9-18-8-10-4-3-7-17-10/h1-7H,8-9H2,(H,15,16). The van der Waals surface area contributed by atoms with Crippen LogP contribution in [-0.2, 0) is 10.5 Å². The highest BCUT2D eigenvalue weighted by Gasteiger charge is 2.05. The Morgan fingerprint density at radius 3 is 2.83 bits per heavy atom. The highest BCUT2D eigenvalue weighted by Crippen LogP contribution is 2.21. The minimum Gasteiger partial charge on any atom is -0.468 e. The van der Waals surface area contributed by atoms with Gasteiger partial charge in [0.15, 0.2) is 0 Å². The van der Waals surface area contributed by atoms with Gasteiger partial charge in [-0.3, -0.25) is 4.79 Å². The molecule has 2 aromatic rings. The van der Waals surface area contributed by atoms with E-state index in [1.807, 2.05) is 36.4 Å². The molecule has 0 unspecified atom stereocenters. The summed E-state index contributed by atoms with van der Waals surface area (Å²) in [7, 11) is 0. The molecule has 1 N–H and O–H groups in total. The average molecular weight is 326 g/mol. The monoisotopic (exact) mass is 325 g/mol. The van der Waals surface area contributed by atoms with Crippen molar-refractivity contribution in [3.8, 4) is 0 Å². The van der Waals surface area contributed by atoms with Crippen molar-refractivity contribution in [1.29, 1.82) is 0 Å². The van der Waals surface area contributed by atoms with Crippen molar-refractivity contribution >= 4 is 39.3 Å². The van der Waals surface area contributed by atoms with Crippen molar-refractivity contribution in [3.05, 3.63) is 52.9 Å². The van der Waals surface area contributed by atoms with Crippen LogP contribution < -0.4 is 5.32 Å². The maximum atomic E-state index is 11.7. The molecule has 0 radical (unpaired) electrons. The Balaban J connectivity index is 1.77. The number of benzene rings is 1. The molecule has 3 nitrogen and oxygen atoms in total. The van der Waals surface area contributed by atoms with Crippen LogP contribution >= 0.6 is 27.7 Å². The zero-order valence-corrected chi connectivity index (χ0v) is 12.0. The summed E-state index contributed by atoms with van der Waals surface area (Å²) in [6, 6.07) is 11.3. The molecule has 0 bridgehead atoms. The zero-order valence-electron chi connectivity index (χ0n) is 9.56. The minimum absolute atomic E-state index is 0.0153. The molecule has 0 atom stereocenters. The van der Waals surface area contributed by atoms with Crippen molar-refractivity contribution in [2.45, 2.75) is 5.75 Å². The number of rotatable bonds is 5. The van der Waals surface area contributed by atoms with Crippen molar-refractivity contribution in [1.82, 2.24) is 0 Å². The molecule has 0 saturated heterocycles. The molecule has 0 aliphatic carbocycles. The van der Waals surface area contributed by atoms with Gasteiger partial charge in [0, 0.05) is 4.47 Å². The van der Waals surface area contributed by atoms with Crippen LogP contribution in [0.1, 0.15) is 5.76 Å². The first-order valence-corrected chi connectivity index (χ1v) is 7.35. The van der Waals surface area contributed by atoms with Crippen LogP contribution in [0.4, 0.5) is 5.69 Å². The number of hydrogen-bond acceptors (Lipinski definition) is 3. The summed E-state index contributed by atoms with van der Waals surface area (Å²) in [5.41, 5.74) is 0.793. The summed E-state index contributed by atoms with van der Waals surface area (Å²) in [6.45, 7) is 0. The number of halogens is 1. The number of amides is 1. The first kappa shape index (κ1) is 13.2. The third kappa shape index (κ3) is 3.92. The van der Waals surface area contributed by atoms with Crippen LogP contribution in [0.25, 0.3) is 0 Å². The zero-order chi connectivity index (χ0) is 12.8. The number of carbonyl (C=O) groups is 1. The fraction of sp³-hybridized carbons (Fsp3) is 0.154. The summed E-state index contributed by atoms with van der Waals surface area (Å²) < 4.78 is 6.08. The summed E-state index contributed by atoms with van der Waals surface area (Å²) >= 11 is 4.91. The van der Waals surface area contributed by atoms with Crippen molar-refractivity contribution in [2.75, 3.05) is 11.1 Å². The smallest absolute Gasteiger partial charge is 0.234 e. The lowest BCUT2D eigenvalue weighted by molar-refractivity contribution is -0.113. The molecule has 1 amide bonds. The van der Waals surface area contributed by atoms with Crippen molar-refractivity contribution in [3.63, 3.8) is 0 Å². The molecule has 1 heterocycles. The summed E-state index contributed by atoms with van der Waals surface area (Å²) in [5.74, 6) is 1.98. The van der Waals surface area contributed by atoms with E-state index in [0.29, 0.717) is 11.5 Å². The van der Waals surface area contributed by atoms with Gasteiger partial charge in [0.2, 0.25) is 5.91 Å². The van der Waals surface area contributed by atoms with E-state index in [9.17, 15) is 4.79 Å². The Morgan fingerprint density at radius 1 is 1.28 bits per heavy atom. The van der Waals surface area contributed by atoms with E-state index in [0.717, 1.165) is 15.9 Å². The molecule has 0 aliphatic rings. The van der Waals surface area contributed by atoms with E-state index in [-0.39, 0.29) is 5.91 Å². The maximum absolute atomic E-state index is 11.7. The Morgan fingerprint density at radius 2 is 2.11 bits per heavy atom. The number of anilines is 1. The van der Waals surface area contributed by atoms with Gasteiger partial charge in [0.05, 0.1) is 23.5 Å². The van der Waals surface area contributed by atoms with Crippen LogP contribution in [0.5, 0.6) is 0 Å². The van der Waals surface area contributed by atoms with Gasteiger partial charge in [-0.15, -0.1) is 11.8 Å². The lowest BCUT2D eigenvalue weighted by atomic mass is 10.3. The SMILES string of the molecule is O=C(CSCc1ccco1)Nc1ccccc1Br. The number of hydrogen-bond donors (Lipinski definition) is 1. The molecular weight excluding hydrogens is 314 g/mol. The lowest BCUT2D eigenvalue weighted by Crippen LogP contribution is -2.14. The molecule has 0 fully saturated rings. The van der Waals surface area contributed by atoms with Gasteiger partial charge in [-0.2, -0.15) is 0 Å². The fourth-order valence-electron chi connectivity index (χ4n) is 1.39. The number of furan rings is 1. The molecule has 0 saturated carbocycles. The lowest BCUT2D eigenvalue weighted by Gasteiger charge is -2.06. The first-order chi connectivity index (χ1) is 8.75. The van der Waals surface area contributed by atoms with Crippen LogP contribution in [0, 0.1) is 0 Å². The molecule has 5 heteroatoms. The van der Waals surface area contributed by atoms with E-state index in [1.54, 1.807) is 6.26 Å². The molecule has 1 aromatic heterocycles. The van der Waals surface area contributed by atoms with Crippen LogP contribution in [0.3, 0.4) is 0 Å². The predicted octanol–water partition coefficient (Wildman–Crippen LogP) is 3.91. The topological polar surface area (TPSA) is 42.2 Å². The molecule has 18 heavy (non-hydrogen) atoms. The normalized spacial score (nSPS) is 10.3. The number of carbonyl (C=O) groups excluding carboxylic acids is 1. The third-order valence-corrected chi connectivity index (χ3v) is 3.85. The highest BCUT2D eigenvalue weighted by atomic mass is 79.9. The first-order valence-electron chi connectivity index (χ1n) is 5.40. The van der Waals surface area contributed by atoms with E-state index >= 15 is 0 Å². The second-order valence-corrected chi connectivity index (χ2v) is 5.44. The quantitative estimate of drug-likeness (QED) is 0.906. The number of thioether (sulfide) groups is 1. The Hall–Kier alpha value is -1.20. The van der Waals surface area contributed by atoms with Crippen LogP contribution in [-0.4, -0.2) is 11.7 Å². The van der Waals surface area contributed by atoms with Crippen molar-refractivity contribution in [2.24, 2.45) is 0 Å². The minimum atomic E-state index is -0.0153. The number of para-hydroxylation sites is 1. The Kier molecular flexibility index (Phi) is 4.90. The van der Waals surface area contributed by atoms with Gasteiger partial charge in [-0.25, -0.2) is 0 Å². The molecule has 2 rings (SSSR count). The molecule has 0 aliphatic heterocycles. The van der Waals surface area contributed by atoms with Gasteiger partial charge in [0.1, 0.15) is 5.76 Å². The Bertz CT molecular complexity index is 513. The largest absolute Gasteiger partial charge is 0.468 e. The predicted molar refractivity (Wildman–Crippen MR) is 77.6 cm³/mol. The van der Waals surface area contributed by atoms with Gasteiger partial charge in [-0.05, 0) is 40.2 Å². The van der Waals surface area contributed by atoms with Gasteiger partial charge >= 0.3 is 0 Å². The summed E-state index contributed by atoms with van der Waals surface area (Å²) in [4.78, 5) is 11.7. The Labute approximate surface area is 118 Å². The molecule has 94 valence electrons. The second kappa shape index (κ2) is 6.66. The van der Waals surface area contributed by atoms with E-state index in [1.165, 1.54) is 11.8 Å². The fourth-order valence-corrected chi connectivity index (χ4v) is 2.50. The second-order valence-electron chi connectivity index (χ2n) is 3.60. The van der Waals surface area contributed by atoms with Gasteiger partial charge < -0.3 is 9.73 Å². The molecule has 1 aromatic carbocycles. The molecule has 0 spiro atoms. The highest BCUT2D eigenvalue weighted by molar-refractivity contribution is 9.10. The summed E-state index contributed by atoms with van der Waals surface area (Å²) in [5, 5.41) is 2.85. The number of nitrogens with one attached hydrogen (secondary N) is 1. The van der Waals surface area contributed by atoms with Gasteiger partial charge in [-0.1, -0.05) is 12.1 Å². The summed E-state index contributed by atoms with van der Waals surface area (Å²) in [6.07, 6.45) is 1.64. The molecular formula is C13H12BrNO2S. The van der Waals surface area contributed by atoms with Crippen LogP contribution in [0.15, 0.2) is 51.6 Å². The van der Waals surface area contributed by atoms with E-state index in [2.05, 4.69) is 21.2 Å². The van der Waals surface area contributed by atoms with Crippen molar-refractivity contribution < 1.29 is 9.21 Å². The van der Waals surface area contributed by atoms with E-state index < -0.39 is 0 Å². The maximum Gasteiger partial charge on any atom is 0.234 e. The van der Waals surface area contributed by atoms with Crippen LogP contribution in [0.2, 0.25) is 0 Å². The average Bonchev–Trinajstić information content (AvgIpc) is 2.85. The van der Waals surface area contributed by atoms with Gasteiger partial charge in [0.25, 0.3) is 0 Å².